The van der Waals surface area contributed by atoms with Crippen LogP contribution in [-0.4, -0.2) is 18.9 Å². The number of imide groups is 1. The third-order valence-corrected chi connectivity index (χ3v) is 4.24. The van der Waals surface area contributed by atoms with E-state index in [1.807, 2.05) is 42.5 Å². The van der Waals surface area contributed by atoms with Crippen molar-refractivity contribution in [1.29, 1.82) is 0 Å². The van der Waals surface area contributed by atoms with Crippen LogP contribution in [0.2, 0.25) is 0 Å². The summed E-state index contributed by atoms with van der Waals surface area (Å²) in [7, 11) is 1.63. The van der Waals surface area contributed by atoms with Crippen molar-refractivity contribution in [1.82, 2.24) is 5.32 Å². The SMILES string of the molecule is COc1ccc2cc(C(C)C(=O)NC(=O)c3ccccc3)ccc2c1. The average Bonchev–Trinajstić information content (AvgIpc) is 2.67. The van der Waals surface area contributed by atoms with Crippen LogP contribution in [0, 0.1) is 0 Å². The van der Waals surface area contributed by atoms with Gasteiger partial charge in [0, 0.05) is 5.56 Å². The Morgan fingerprint density at radius 1 is 0.920 bits per heavy atom. The summed E-state index contributed by atoms with van der Waals surface area (Å²) in [6.07, 6.45) is 0. The lowest BCUT2D eigenvalue weighted by atomic mass is 9.97. The zero-order chi connectivity index (χ0) is 17.8. The highest BCUT2D eigenvalue weighted by Crippen LogP contribution is 2.25. The van der Waals surface area contributed by atoms with Gasteiger partial charge < -0.3 is 4.74 Å². The summed E-state index contributed by atoms with van der Waals surface area (Å²) in [6, 6.07) is 20.3. The van der Waals surface area contributed by atoms with Crippen molar-refractivity contribution in [3.05, 3.63) is 77.9 Å². The number of carbonyl (C=O) groups is 2. The van der Waals surface area contributed by atoms with E-state index < -0.39 is 5.92 Å². The molecule has 0 aliphatic heterocycles. The van der Waals surface area contributed by atoms with Gasteiger partial charge in [-0.05, 0) is 47.5 Å². The Bertz CT molecular complexity index is 919. The first-order chi connectivity index (χ1) is 12.1. The summed E-state index contributed by atoms with van der Waals surface area (Å²) in [5.41, 5.74) is 1.32. The van der Waals surface area contributed by atoms with E-state index in [4.69, 9.17) is 4.74 Å². The molecule has 0 saturated heterocycles. The van der Waals surface area contributed by atoms with Crippen LogP contribution in [-0.2, 0) is 4.79 Å². The van der Waals surface area contributed by atoms with Gasteiger partial charge in [0.25, 0.3) is 5.91 Å². The molecule has 4 nitrogen and oxygen atoms in total. The van der Waals surface area contributed by atoms with Crippen molar-refractivity contribution in [2.45, 2.75) is 12.8 Å². The monoisotopic (exact) mass is 333 g/mol. The van der Waals surface area contributed by atoms with Gasteiger partial charge in [0.2, 0.25) is 5.91 Å². The van der Waals surface area contributed by atoms with E-state index in [-0.39, 0.29) is 11.8 Å². The summed E-state index contributed by atoms with van der Waals surface area (Å²) >= 11 is 0. The van der Waals surface area contributed by atoms with Gasteiger partial charge in [-0.3, -0.25) is 14.9 Å². The molecular weight excluding hydrogens is 314 g/mol. The Kier molecular flexibility index (Phi) is 4.80. The minimum Gasteiger partial charge on any atom is -0.497 e. The van der Waals surface area contributed by atoms with E-state index in [0.29, 0.717) is 5.56 Å². The van der Waals surface area contributed by atoms with Gasteiger partial charge in [0.15, 0.2) is 0 Å². The van der Waals surface area contributed by atoms with Crippen molar-refractivity contribution in [3.63, 3.8) is 0 Å². The van der Waals surface area contributed by atoms with Crippen molar-refractivity contribution in [2.24, 2.45) is 0 Å². The topological polar surface area (TPSA) is 55.4 Å². The smallest absolute Gasteiger partial charge is 0.257 e. The van der Waals surface area contributed by atoms with Crippen LogP contribution >= 0.6 is 0 Å². The number of amides is 2. The average molecular weight is 333 g/mol. The molecule has 25 heavy (non-hydrogen) atoms. The molecule has 1 N–H and O–H groups in total. The molecule has 0 aliphatic carbocycles. The molecule has 0 fully saturated rings. The van der Waals surface area contributed by atoms with Gasteiger partial charge >= 0.3 is 0 Å². The van der Waals surface area contributed by atoms with Crippen LogP contribution in [0.5, 0.6) is 5.75 Å². The van der Waals surface area contributed by atoms with Gasteiger partial charge in [-0.2, -0.15) is 0 Å². The van der Waals surface area contributed by atoms with E-state index in [0.717, 1.165) is 22.1 Å². The number of carbonyl (C=O) groups excluding carboxylic acids is 2. The number of rotatable bonds is 4. The van der Waals surface area contributed by atoms with Crippen LogP contribution in [0.15, 0.2) is 66.7 Å². The number of ether oxygens (including phenoxy) is 1. The Balaban J connectivity index is 1.77. The predicted molar refractivity (Wildman–Crippen MR) is 97.8 cm³/mol. The van der Waals surface area contributed by atoms with E-state index in [9.17, 15) is 9.59 Å². The maximum atomic E-state index is 12.4. The fraction of sp³-hybridized carbons (Fsp3) is 0.143. The summed E-state index contributed by atoms with van der Waals surface area (Å²) in [5.74, 6) is -0.344. The Morgan fingerprint density at radius 2 is 1.60 bits per heavy atom. The van der Waals surface area contributed by atoms with E-state index >= 15 is 0 Å². The van der Waals surface area contributed by atoms with Crippen LogP contribution < -0.4 is 10.1 Å². The summed E-state index contributed by atoms with van der Waals surface area (Å²) in [4.78, 5) is 24.5. The molecule has 0 aromatic heterocycles. The normalized spacial score (nSPS) is 11.8. The number of benzene rings is 3. The molecule has 1 atom stereocenters. The minimum atomic E-state index is -0.431. The van der Waals surface area contributed by atoms with Crippen LogP contribution in [0.3, 0.4) is 0 Å². The zero-order valence-corrected chi connectivity index (χ0v) is 14.2. The molecule has 126 valence electrons. The number of hydrogen-bond acceptors (Lipinski definition) is 3. The Morgan fingerprint density at radius 3 is 2.32 bits per heavy atom. The second kappa shape index (κ2) is 7.18. The van der Waals surface area contributed by atoms with Crippen LogP contribution in [0.25, 0.3) is 10.8 Å². The first-order valence-corrected chi connectivity index (χ1v) is 8.06. The van der Waals surface area contributed by atoms with Gasteiger partial charge in [0.1, 0.15) is 5.75 Å². The van der Waals surface area contributed by atoms with Gasteiger partial charge in [-0.1, -0.05) is 42.5 Å². The fourth-order valence-electron chi connectivity index (χ4n) is 2.67. The van der Waals surface area contributed by atoms with Gasteiger partial charge in [0.05, 0.1) is 13.0 Å². The maximum absolute atomic E-state index is 12.4. The third kappa shape index (κ3) is 3.69. The number of nitrogens with one attached hydrogen (secondary N) is 1. The summed E-state index contributed by atoms with van der Waals surface area (Å²) in [6.45, 7) is 1.79. The molecule has 1 unspecified atom stereocenters. The molecule has 0 aliphatic rings. The van der Waals surface area contributed by atoms with Crippen molar-refractivity contribution < 1.29 is 14.3 Å². The molecule has 3 aromatic rings. The van der Waals surface area contributed by atoms with Crippen molar-refractivity contribution in [3.8, 4) is 5.75 Å². The highest BCUT2D eigenvalue weighted by molar-refractivity contribution is 6.06. The van der Waals surface area contributed by atoms with Gasteiger partial charge in [-0.15, -0.1) is 0 Å². The van der Waals surface area contributed by atoms with Crippen molar-refractivity contribution >= 4 is 22.6 Å². The van der Waals surface area contributed by atoms with E-state index in [2.05, 4.69) is 5.32 Å². The second-order valence-electron chi connectivity index (χ2n) is 5.88. The molecule has 0 bridgehead atoms. The summed E-state index contributed by atoms with van der Waals surface area (Å²) < 4.78 is 5.22. The number of methoxy groups -OCH3 is 1. The van der Waals surface area contributed by atoms with E-state index in [1.54, 1.807) is 38.3 Å². The quantitative estimate of drug-likeness (QED) is 0.787. The van der Waals surface area contributed by atoms with Crippen LogP contribution in [0.4, 0.5) is 0 Å². The lowest BCUT2D eigenvalue weighted by Crippen LogP contribution is -2.33. The fourth-order valence-corrected chi connectivity index (χ4v) is 2.67. The zero-order valence-electron chi connectivity index (χ0n) is 14.2. The molecule has 0 radical (unpaired) electrons. The highest BCUT2D eigenvalue weighted by atomic mass is 16.5. The third-order valence-electron chi connectivity index (χ3n) is 4.24. The second-order valence-corrected chi connectivity index (χ2v) is 5.88. The van der Waals surface area contributed by atoms with E-state index in [1.165, 1.54) is 0 Å². The first kappa shape index (κ1) is 16.7. The first-order valence-electron chi connectivity index (χ1n) is 8.06. The Labute approximate surface area is 146 Å². The maximum Gasteiger partial charge on any atom is 0.257 e. The Hall–Kier alpha value is -3.14. The molecule has 0 saturated carbocycles. The van der Waals surface area contributed by atoms with Gasteiger partial charge in [-0.25, -0.2) is 0 Å². The highest BCUT2D eigenvalue weighted by Gasteiger charge is 2.18. The summed E-state index contributed by atoms with van der Waals surface area (Å²) in [5, 5.41) is 4.52. The molecule has 2 amide bonds. The molecule has 4 heteroatoms. The lowest BCUT2D eigenvalue weighted by Gasteiger charge is -2.13. The predicted octanol–water partition coefficient (Wildman–Crippen LogP) is 3.91. The minimum absolute atomic E-state index is 0.318. The standard InChI is InChI=1S/C21H19NO3/c1-14(20(23)22-21(24)15-6-4-3-5-7-15)16-8-9-18-13-19(25-2)11-10-17(18)12-16/h3-14H,1-2H3,(H,22,23,24). The lowest BCUT2D eigenvalue weighted by molar-refractivity contribution is -0.121. The molecule has 3 rings (SSSR count). The molecule has 0 heterocycles. The number of fused-ring (bicyclic) bond motifs is 1. The van der Waals surface area contributed by atoms with Crippen molar-refractivity contribution in [2.75, 3.05) is 7.11 Å². The molecule has 3 aromatic carbocycles. The van der Waals surface area contributed by atoms with Crippen LogP contribution in [0.1, 0.15) is 28.8 Å². The molecule has 0 spiro atoms. The number of hydrogen-bond donors (Lipinski definition) is 1. The molecular formula is C21H19NO3. The largest absolute Gasteiger partial charge is 0.497 e.